The van der Waals surface area contributed by atoms with Crippen LogP contribution in [0.25, 0.3) is 0 Å². The molecule has 3 atom stereocenters. The van der Waals surface area contributed by atoms with Gasteiger partial charge >= 0.3 is 5.97 Å². The monoisotopic (exact) mass is 427 g/mol. The molecule has 1 aliphatic heterocycles. The predicted octanol–water partition coefficient (Wildman–Crippen LogP) is 2.89. The third-order valence-corrected chi connectivity index (χ3v) is 5.74. The van der Waals surface area contributed by atoms with Gasteiger partial charge in [0, 0.05) is 17.2 Å². The lowest BCUT2D eigenvalue weighted by Crippen LogP contribution is -2.45. The maximum Gasteiger partial charge on any atom is 0.309 e. The molecule has 4 N–H and O–H groups in total. The lowest BCUT2D eigenvalue weighted by molar-refractivity contribution is -0.144. The molecule has 1 aromatic rings. The molecule has 31 heavy (non-hydrogen) atoms. The fourth-order valence-corrected chi connectivity index (χ4v) is 4.33. The molecule has 1 fully saturated rings. The van der Waals surface area contributed by atoms with Crippen molar-refractivity contribution < 1.29 is 19.0 Å². The molecule has 1 aromatic carbocycles. The highest BCUT2D eigenvalue weighted by Gasteiger charge is 2.54. The number of benzene rings is 1. The van der Waals surface area contributed by atoms with Gasteiger partial charge < -0.3 is 20.6 Å². The Morgan fingerprint density at radius 2 is 2.16 bits per heavy atom. The van der Waals surface area contributed by atoms with Gasteiger partial charge in [0.05, 0.1) is 31.2 Å². The summed E-state index contributed by atoms with van der Waals surface area (Å²) in [6.45, 7) is 8.19. The van der Waals surface area contributed by atoms with Crippen LogP contribution in [0, 0.1) is 17.7 Å². The summed E-state index contributed by atoms with van der Waals surface area (Å²) in [5.41, 5.74) is 12.0. The number of nitrogens with zero attached hydrogens (tertiary/aromatic N) is 1. The number of aliphatic hydroxyl groups is 1. The first-order chi connectivity index (χ1) is 14.9. The lowest BCUT2D eigenvalue weighted by Gasteiger charge is -2.31. The van der Waals surface area contributed by atoms with Crippen LogP contribution in [0.2, 0.25) is 0 Å². The van der Waals surface area contributed by atoms with Gasteiger partial charge in [0.15, 0.2) is 0 Å². The molecule has 0 radical (unpaired) electrons. The van der Waals surface area contributed by atoms with Gasteiger partial charge in [-0.25, -0.2) is 9.82 Å². The summed E-state index contributed by atoms with van der Waals surface area (Å²) in [5.74, 6) is -0.844. The van der Waals surface area contributed by atoms with Gasteiger partial charge in [-0.1, -0.05) is 30.9 Å². The number of aliphatic hydroxyl groups excluding tert-OH is 1. The molecule has 2 unspecified atom stereocenters. The van der Waals surface area contributed by atoms with Crippen molar-refractivity contribution >= 4 is 5.97 Å². The summed E-state index contributed by atoms with van der Waals surface area (Å²) in [6, 6.07) is 6.30. The first-order valence-corrected chi connectivity index (χ1v) is 10.5. The second-order valence-corrected chi connectivity index (χ2v) is 7.80. The lowest BCUT2D eigenvalue weighted by atomic mass is 9.80. The van der Waals surface area contributed by atoms with Gasteiger partial charge in [-0.15, -0.1) is 0 Å². The number of hydrogen-bond acceptors (Lipinski definition) is 6. The van der Waals surface area contributed by atoms with Crippen molar-refractivity contribution in [2.75, 3.05) is 19.8 Å². The van der Waals surface area contributed by atoms with E-state index in [0.29, 0.717) is 19.6 Å². The maximum absolute atomic E-state index is 13.6. The Bertz CT molecular complexity index is 923. The van der Waals surface area contributed by atoms with Crippen LogP contribution in [-0.2, 0) is 15.1 Å². The number of nitrogens with one attached hydrogen (secondary N) is 1. The van der Waals surface area contributed by atoms with Gasteiger partial charge in [-0.2, -0.15) is 0 Å². The second kappa shape index (κ2) is 9.49. The van der Waals surface area contributed by atoms with Crippen molar-refractivity contribution in [1.82, 2.24) is 10.4 Å². The molecule has 0 bridgehead atoms. The van der Waals surface area contributed by atoms with E-state index >= 15 is 0 Å². The Morgan fingerprint density at radius 3 is 2.74 bits per heavy atom. The second-order valence-electron chi connectivity index (χ2n) is 7.80. The maximum atomic E-state index is 13.6. The summed E-state index contributed by atoms with van der Waals surface area (Å²) in [4.78, 5) is 12.4. The van der Waals surface area contributed by atoms with E-state index in [9.17, 15) is 14.3 Å². The third-order valence-electron chi connectivity index (χ3n) is 5.74. The fourth-order valence-electron chi connectivity index (χ4n) is 4.33. The van der Waals surface area contributed by atoms with E-state index in [-0.39, 0.29) is 30.2 Å². The Morgan fingerprint density at radius 1 is 1.45 bits per heavy atom. The fraction of sp³-hybridized carbons (Fsp3) is 0.375. The highest BCUT2D eigenvalue weighted by molar-refractivity contribution is 5.77. The van der Waals surface area contributed by atoms with Crippen LogP contribution < -0.4 is 11.2 Å². The predicted molar refractivity (Wildman–Crippen MR) is 118 cm³/mol. The minimum absolute atomic E-state index is 0.0604. The van der Waals surface area contributed by atoms with E-state index in [1.165, 1.54) is 18.3 Å². The number of nitrogens with two attached hydrogens (primary N) is 1. The number of carbonyl (C=O) groups excluding carboxylic acids is 1. The molecule has 2 aliphatic rings. The highest BCUT2D eigenvalue weighted by atomic mass is 19.1. The molecule has 6 nitrogen and oxygen atoms in total. The Balaban J connectivity index is 2.19. The molecular formula is C24H30FN3O3. The van der Waals surface area contributed by atoms with Crippen molar-refractivity contribution in [1.29, 1.82) is 0 Å². The quantitative estimate of drug-likeness (QED) is 0.415. The standard InChI is InChI=1S/C24H30FN3O3/c1-4-6-16(11-12-26)21-22(19-15-20(19)23(30)31-5-2)28(13-14-29)27-24(21,3)17-7-9-18(25)10-8-17/h4,6-12,19-20,27,29H,1,5,13-15,26H2,2-3H3/b12-11-,16-6+/t19?,20-,24?/m0/s1. The molecular weight excluding hydrogens is 397 g/mol. The van der Waals surface area contributed by atoms with Gasteiger partial charge in [-0.05, 0) is 55.8 Å². The summed E-state index contributed by atoms with van der Waals surface area (Å²) in [5, 5.41) is 11.6. The number of ether oxygens (including phenoxy) is 1. The summed E-state index contributed by atoms with van der Waals surface area (Å²) in [7, 11) is 0. The van der Waals surface area contributed by atoms with Gasteiger partial charge in [-0.3, -0.25) is 4.79 Å². The molecule has 0 saturated heterocycles. The Kier molecular flexibility index (Phi) is 6.97. The normalized spacial score (nSPS) is 25.9. The van der Waals surface area contributed by atoms with Crippen molar-refractivity contribution in [2.45, 2.75) is 25.8 Å². The molecule has 3 rings (SSSR count). The van der Waals surface area contributed by atoms with Crippen molar-refractivity contribution in [3.63, 3.8) is 0 Å². The average molecular weight is 428 g/mol. The zero-order valence-corrected chi connectivity index (χ0v) is 18.0. The number of rotatable bonds is 9. The minimum atomic E-state index is -0.742. The van der Waals surface area contributed by atoms with E-state index in [1.807, 2.05) is 18.0 Å². The van der Waals surface area contributed by atoms with E-state index in [0.717, 1.165) is 22.4 Å². The number of hydrogen-bond donors (Lipinski definition) is 3. The number of β-amino-alcohol motifs (C(OH)–C–C–N with tert-alkyl or cyclic N) is 1. The van der Waals surface area contributed by atoms with Crippen molar-refractivity contribution in [3.05, 3.63) is 83.5 Å². The van der Waals surface area contributed by atoms with Crippen LogP contribution >= 0.6 is 0 Å². The minimum Gasteiger partial charge on any atom is -0.466 e. The third kappa shape index (κ3) is 4.43. The molecule has 0 amide bonds. The smallest absolute Gasteiger partial charge is 0.309 e. The SMILES string of the molecule is C=C/C=C(\C=C/N)C1=C(C2C[C@@H]2C(=O)OCC)N(CCO)NC1(C)c1ccc(F)cc1. The van der Waals surface area contributed by atoms with Crippen LogP contribution in [0.4, 0.5) is 4.39 Å². The van der Waals surface area contributed by atoms with Gasteiger partial charge in [0.2, 0.25) is 0 Å². The number of esters is 1. The first kappa shape index (κ1) is 22.8. The van der Waals surface area contributed by atoms with Crippen LogP contribution in [0.15, 0.2) is 72.1 Å². The molecule has 7 heteroatoms. The number of halogens is 1. The van der Waals surface area contributed by atoms with Crippen LogP contribution in [0.5, 0.6) is 0 Å². The number of carbonyl (C=O) groups is 1. The van der Waals surface area contributed by atoms with E-state index in [1.54, 1.807) is 31.2 Å². The van der Waals surface area contributed by atoms with Crippen molar-refractivity contribution in [2.24, 2.45) is 17.6 Å². The number of allylic oxidation sites excluding steroid dienone is 4. The van der Waals surface area contributed by atoms with Crippen LogP contribution in [0.3, 0.4) is 0 Å². The van der Waals surface area contributed by atoms with E-state index < -0.39 is 5.54 Å². The average Bonchev–Trinajstić information content (AvgIpc) is 3.47. The van der Waals surface area contributed by atoms with Crippen LogP contribution in [0.1, 0.15) is 25.8 Å². The molecule has 0 spiro atoms. The Labute approximate surface area is 182 Å². The zero-order valence-electron chi connectivity index (χ0n) is 18.0. The molecule has 1 aliphatic carbocycles. The highest BCUT2D eigenvalue weighted by Crippen LogP contribution is 2.53. The van der Waals surface area contributed by atoms with E-state index in [2.05, 4.69) is 12.0 Å². The van der Waals surface area contributed by atoms with Crippen molar-refractivity contribution in [3.8, 4) is 0 Å². The summed E-state index contributed by atoms with van der Waals surface area (Å²) < 4.78 is 18.9. The molecule has 1 saturated carbocycles. The molecule has 1 heterocycles. The van der Waals surface area contributed by atoms with E-state index in [4.69, 9.17) is 10.5 Å². The number of hydrazine groups is 1. The zero-order chi connectivity index (χ0) is 22.6. The largest absolute Gasteiger partial charge is 0.466 e. The topological polar surface area (TPSA) is 87.8 Å². The van der Waals surface area contributed by atoms with Crippen LogP contribution in [-0.4, -0.2) is 35.8 Å². The van der Waals surface area contributed by atoms with Gasteiger partial charge in [0.1, 0.15) is 5.82 Å². The van der Waals surface area contributed by atoms with Gasteiger partial charge in [0.25, 0.3) is 0 Å². The Hall–Kier alpha value is -2.90. The molecule has 166 valence electrons. The summed E-state index contributed by atoms with van der Waals surface area (Å²) >= 11 is 0. The first-order valence-electron chi connectivity index (χ1n) is 10.5. The molecule has 0 aromatic heterocycles. The summed E-state index contributed by atoms with van der Waals surface area (Å²) in [6.07, 6.45) is 7.43.